The van der Waals surface area contributed by atoms with Crippen molar-refractivity contribution in [3.8, 4) is 17.2 Å². The largest absolute Gasteiger partial charge is 0.486 e. The normalized spacial score (nSPS) is 10.7. The van der Waals surface area contributed by atoms with Crippen LogP contribution in [-0.2, 0) is 6.61 Å². The van der Waals surface area contributed by atoms with E-state index in [-0.39, 0.29) is 40.1 Å². The van der Waals surface area contributed by atoms with Gasteiger partial charge < -0.3 is 14.9 Å². The smallest absolute Gasteiger partial charge is 0.313 e. The molecule has 0 fully saturated rings. The summed E-state index contributed by atoms with van der Waals surface area (Å²) in [5.74, 6) is 0.0671. The van der Waals surface area contributed by atoms with Crippen molar-refractivity contribution < 1.29 is 13.5 Å². The molecule has 8 heteroatoms. The molecule has 0 saturated carbocycles. The summed E-state index contributed by atoms with van der Waals surface area (Å²) in [5, 5.41) is 7.79. The fourth-order valence-corrected chi connectivity index (χ4v) is 2.53. The Labute approximate surface area is 140 Å². The molecule has 0 atom stereocenters. The van der Waals surface area contributed by atoms with Crippen molar-refractivity contribution in [3.05, 3.63) is 57.8 Å². The van der Waals surface area contributed by atoms with Gasteiger partial charge in [0.15, 0.2) is 5.75 Å². The Balaban J connectivity index is 1.85. The average Bonchev–Trinajstić information content (AvgIpc) is 2.94. The van der Waals surface area contributed by atoms with Crippen LogP contribution in [-0.4, -0.2) is 10.2 Å². The van der Waals surface area contributed by atoms with Crippen molar-refractivity contribution in [3.63, 3.8) is 0 Å². The van der Waals surface area contributed by atoms with Gasteiger partial charge in [-0.25, -0.2) is 4.39 Å². The highest BCUT2D eigenvalue weighted by atomic mass is 35.5. The molecule has 1 heterocycles. The van der Waals surface area contributed by atoms with Gasteiger partial charge in [0, 0.05) is 11.1 Å². The monoisotopic (exact) mass is 353 g/mol. The fourth-order valence-electron chi connectivity index (χ4n) is 1.94. The predicted molar refractivity (Wildman–Crippen MR) is 84.9 cm³/mol. The van der Waals surface area contributed by atoms with E-state index in [2.05, 4.69) is 10.2 Å². The van der Waals surface area contributed by atoms with Crippen LogP contribution >= 0.6 is 23.2 Å². The molecule has 2 N–H and O–H groups in total. The van der Waals surface area contributed by atoms with E-state index in [1.807, 2.05) is 0 Å². The summed E-state index contributed by atoms with van der Waals surface area (Å²) in [5.41, 5.74) is 6.28. The second kappa shape index (κ2) is 6.44. The molecule has 118 valence electrons. The van der Waals surface area contributed by atoms with Crippen molar-refractivity contribution in [2.24, 2.45) is 0 Å². The Bertz CT molecular complexity index is 831. The number of anilines is 1. The number of rotatable bonds is 4. The van der Waals surface area contributed by atoms with Gasteiger partial charge >= 0.3 is 6.01 Å². The second-order valence-electron chi connectivity index (χ2n) is 4.59. The third-order valence-corrected chi connectivity index (χ3v) is 3.58. The van der Waals surface area contributed by atoms with Crippen molar-refractivity contribution in [2.45, 2.75) is 6.61 Å². The molecule has 23 heavy (non-hydrogen) atoms. The Morgan fingerprint density at radius 3 is 2.43 bits per heavy atom. The summed E-state index contributed by atoms with van der Waals surface area (Å²) in [7, 11) is 0. The Morgan fingerprint density at radius 1 is 1.13 bits per heavy atom. The summed E-state index contributed by atoms with van der Waals surface area (Å²) in [6.45, 7) is -0.00103. The minimum Gasteiger partial charge on any atom is -0.486 e. The minimum absolute atomic E-state index is 0.00103. The topological polar surface area (TPSA) is 74.2 Å². The first-order chi connectivity index (χ1) is 11.0. The molecular weight excluding hydrogens is 344 g/mol. The van der Waals surface area contributed by atoms with Gasteiger partial charge in [0.1, 0.15) is 12.4 Å². The van der Waals surface area contributed by atoms with Crippen molar-refractivity contribution in [1.82, 2.24) is 10.2 Å². The quantitative estimate of drug-likeness (QED) is 0.754. The summed E-state index contributed by atoms with van der Waals surface area (Å²) < 4.78 is 24.2. The lowest BCUT2D eigenvalue weighted by molar-refractivity contribution is 0.300. The summed E-state index contributed by atoms with van der Waals surface area (Å²) >= 11 is 12.3. The number of nitrogens with two attached hydrogens (primary N) is 1. The molecular formula is C15H10Cl2FN3O2. The average molecular weight is 354 g/mol. The van der Waals surface area contributed by atoms with E-state index in [0.717, 1.165) is 0 Å². The van der Waals surface area contributed by atoms with E-state index >= 15 is 0 Å². The number of nitrogen functional groups attached to an aromatic ring is 1. The number of halogens is 3. The van der Waals surface area contributed by atoms with Crippen LogP contribution in [0.5, 0.6) is 5.75 Å². The van der Waals surface area contributed by atoms with Gasteiger partial charge in [-0.05, 0) is 18.2 Å². The van der Waals surface area contributed by atoms with E-state index in [0.29, 0.717) is 11.1 Å². The zero-order valence-corrected chi connectivity index (χ0v) is 13.1. The molecule has 0 aliphatic rings. The van der Waals surface area contributed by atoms with Crippen LogP contribution in [0.1, 0.15) is 5.56 Å². The minimum atomic E-state index is -0.363. The summed E-state index contributed by atoms with van der Waals surface area (Å²) in [4.78, 5) is 0. The van der Waals surface area contributed by atoms with E-state index < -0.39 is 0 Å². The van der Waals surface area contributed by atoms with Crippen molar-refractivity contribution in [2.75, 3.05) is 5.73 Å². The standard InChI is InChI=1S/C15H10Cl2FN3O2/c16-10-5-9(14-20-21-15(19)23-14)6-11(17)13(10)22-7-8-3-1-2-4-12(8)18/h1-6H,7H2,(H2,19,21). The Morgan fingerprint density at radius 2 is 1.83 bits per heavy atom. The van der Waals surface area contributed by atoms with Gasteiger partial charge in [0.05, 0.1) is 10.0 Å². The number of hydrogen-bond acceptors (Lipinski definition) is 5. The molecule has 3 rings (SSSR count). The molecule has 2 aromatic carbocycles. The first kappa shape index (κ1) is 15.6. The molecule has 0 spiro atoms. The number of aromatic nitrogens is 2. The zero-order valence-electron chi connectivity index (χ0n) is 11.6. The summed E-state index contributed by atoms with van der Waals surface area (Å²) in [6, 6.07) is 9.33. The van der Waals surface area contributed by atoms with E-state index in [4.69, 9.17) is 38.1 Å². The highest BCUT2D eigenvalue weighted by Crippen LogP contribution is 2.37. The van der Waals surface area contributed by atoms with Gasteiger partial charge in [0.25, 0.3) is 0 Å². The highest BCUT2D eigenvalue weighted by Gasteiger charge is 2.15. The first-order valence-electron chi connectivity index (χ1n) is 6.49. The van der Waals surface area contributed by atoms with Gasteiger partial charge in [-0.15, -0.1) is 5.10 Å². The second-order valence-corrected chi connectivity index (χ2v) is 5.41. The molecule has 3 aromatic rings. The molecule has 0 aliphatic carbocycles. The maximum absolute atomic E-state index is 13.6. The van der Waals surface area contributed by atoms with Crippen molar-refractivity contribution in [1.29, 1.82) is 0 Å². The van der Waals surface area contributed by atoms with Crippen LogP contribution in [0.15, 0.2) is 40.8 Å². The lowest BCUT2D eigenvalue weighted by atomic mass is 10.2. The number of hydrogen-bond donors (Lipinski definition) is 1. The molecule has 0 unspecified atom stereocenters. The van der Waals surface area contributed by atoms with Gasteiger partial charge in [0.2, 0.25) is 5.89 Å². The van der Waals surface area contributed by atoms with Crippen LogP contribution < -0.4 is 10.5 Å². The van der Waals surface area contributed by atoms with Crippen LogP contribution in [0.25, 0.3) is 11.5 Å². The maximum Gasteiger partial charge on any atom is 0.313 e. The molecule has 0 amide bonds. The molecule has 0 saturated heterocycles. The zero-order chi connectivity index (χ0) is 16.4. The number of ether oxygens (including phenoxy) is 1. The Hall–Kier alpha value is -2.31. The number of benzene rings is 2. The van der Waals surface area contributed by atoms with E-state index in [1.54, 1.807) is 30.3 Å². The predicted octanol–water partition coefficient (Wildman–Crippen LogP) is 4.34. The SMILES string of the molecule is Nc1nnc(-c2cc(Cl)c(OCc3ccccc3F)c(Cl)c2)o1. The van der Waals surface area contributed by atoms with Gasteiger partial charge in [-0.3, -0.25) is 0 Å². The molecule has 0 bridgehead atoms. The van der Waals surface area contributed by atoms with Crippen LogP contribution in [0.4, 0.5) is 10.4 Å². The summed E-state index contributed by atoms with van der Waals surface area (Å²) in [6.07, 6.45) is 0. The van der Waals surface area contributed by atoms with Crippen LogP contribution in [0.2, 0.25) is 10.0 Å². The van der Waals surface area contributed by atoms with Crippen LogP contribution in [0, 0.1) is 5.82 Å². The van der Waals surface area contributed by atoms with E-state index in [9.17, 15) is 4.39 Å². The Kier molecular flexibility index (Phi) is 4.36. The lowest BCUT2D eigenvalue weighted by Crippen LogP contribution is -1.99. The van der Waals surface area contributed by atoms with Crippen molar-refractivity contribution >= 4 is 29.2 Å². The lowest BCUT2D eigenvalue weighted by Gasteiger charge is -2.11. The molecule has 1 aromatic heterocycles. The van der Waals surface area contributed by atoms with Gasteiger partial charge in [-0.2, -0.15) is 0 Å². The number of nitrogens with zero attached hydrogens (tertiary/aromatic N) is 2. The molecule has 0 radical (unpaired) electrons. The fraction of sp³-hybridized carbons (Fsp3) is 0.0667. The van der Waals surface area contributed by atoms with Gasteiger partial charge in [-0.1, -0.05) is 46.5 Å². The maximum atomic E-state index is 13.6. The molecule has 0 aliphatic heterocycles. The van der Waals surface area contributed by atoms with Crippen LogP contribution in [0.3, 0.4) is 0 Å². The third-order valence-electron chi connectivity index (χ3n) is 3.02. The van der Waals surface area contributed by atoms with E-state index in [1.165, 1.54) is 6.07 Å². The highest BCUT2D eigenvalue weighted by molar-refractivity contribution is 6.37. The molecule has 5 nitrogen and oxygen atoms in total. The third kappa shape index (κ3) is 3.38. The first-order valence-corrected chi connectivity index (χ1v) is 7.25.